The quantitative estimate of drug-likeness (QED) is 0.640. The first-order valence-electron chi connectivity index (χ1n) is 4.29. The molecule has 2 rings (SSSR count). The Hall–Kier alpha value is -0.510. The lowest BCUT2D eigenvalue weighted by atomic mass is 10.1. The van der Waals surface area contributed by atoms with Crippen molar-refractivity contribution in [3.63, 3.8) is 0 Å². The summed E-state index contributed by atoms with van der Waals surface area (Å²) in [4.78, 5) is 11.6. The molecule has 2 aliphatic rings. The van der Waals surface area contributed by atoms with E-state index >= 15 is 0 Å². The molecule has 66 valence electrons. The third-order valence-electron chi connectivity index (χ3n) is 2.17. The fourth-order valence-corrected chi connectivity index (χ4v) is 2.70. The van der Waals surface area contributed by atoms with Crippen molar-refractivity contribution in [2.75, 3.05) is 18.1 Å². The molecule has 0 aromatic heterocycles. The topological polar surface area (TPSA) is 32.7 Å². The lowest BCUT2D eigenvalue weighted by molar-refractivity contribution is -0.131. The summed E-state index contributed by atoms with van der Waals surface area (Å²) in [6, 6.07) is 0. The van der Waals surface area contributed by atoms with Crippen molar-refractivity contribution in [1.29, 1.82) is 0 Å². The van der Waals surface area contributed by atoms with Crippen molar-refractivity contribution in [2.24, 2.45) is 11.0 Å². The van der Waals surface area contributed by atoms with E-state index in [-0.39, 0.29) is 11.8 Å². The van der Waals surface area contributed by atoms with E-state index < -0.39 is 0 Å². The SMILES string of the molecule is CCCN1N=C2CSCC2C1=O. The number of hydrogen-bond acceptors (Lipinski definition) is 3. The number of fused-ring (bicyclic) bond motifs is 1. The van der Waals surface area contributed by atoms with Crippen LogP contribution in [0.15, 0.2) is 5.10 Å². The van der Waals surface area contributed by atoms with Gasteiger partial charge in [0.25, 0.3) is 5.91 Å². The van der Waals surface area contributed by atoms with Gasteiger partial charge in [-0.2, -0.15) is 16.9 Å². The molecule has 4 heteroatoms. The minimum Gasteiger partial charge on any atom is -0.272 e. The summed E-state index contributed by atoms with van der Waals surface area (Å²) in [7, 11) is 0. The van der Waals surface area contributed by atoms with Gasteiger partial charge in [-0.25, -0.2) is 5.01 Å². The molecule has 1 amide bonds. The third kappa shape index (κ3) is 1.14. The van der Waals surface area contributed by atoms with Crippen LogP contribution in [0.2, 0.25) is 0 Å². The predicted octanol–water partition coefficient (Wildman–Crippen LogP) is 0.958. The third-order valence-corrected chi connectivity index (χ3v) is 3.24. The summed E-state index contributed by atoms with van der Waals surface area (Å²) < 4.78 is 0. The maximum absolute atomic E-state index is 11.6. The Labute approximate surface area is 76.2 Å². The molecule has 1 atom stereocenters. The minimum absolute atomic E-state index is 0.126. The van der Waals surface area contributed by atoms with Gasteiger partial charge in [-0.3, -0.25) is 4.79 Å². The van der Waals surface area contributed by atoms with Crippen LogP contribution >= 0.6 is 11.8 Å². The van der Waals surface area contributed by atoms with Crippen LogP contribution in [0.4, 0.5) is 0 Å². The highest BCUT2D eigenvalue weighted by atomic mass is 32.2. The normalized spacial score (nSPS) is 27.8. The summed E-state index contributed by atoms with van der Waals surface area (Å²) in [5, 5.41) is 5.94. The van der Waals surface area contributed by atoms with E-state index in [1.807, 2.05) is 11.8 Å². The Morgan fingerprint density at radius 3 is 3.25 bits per heavy atom. The smallest absolute Gasteiger partial charge is 0.252 e. The molecule has 0 N–H and O–H groups in total. The van der Waals surface area contributed by atoms with Crippen LogP contribution in [-0.4, -0.2) is 34.7 Å². The Kier molecular flexibility index (Phi) is 2.09. The molecule has 2 aliphatic heterocycles. The fourth-order valence-electron chi connectivity index (χ4n) is 1.55. The maximum Gasteiger partial charge on any atom is 0.252 e. The molecule has 0 bridgehead atoms. The van der Waals surface area contributed by atoms with Gasteiger partial charge in [0.05, 0.1) is 11.6 Å². The van der Waals surface area contributed by atoms with Gasteiger partial charge < -0.3 is 0 Å². The van der Waals surface area contributed by atoms with Crippen LogP contribution in [0.5, 0.6) is 0 Å². The van der Waals surface area contributed by atoms with Gasteiger partial charge in [0, 0.05) is 18.1 Å². The first kappa shape index (κ1) is 8.10. The zero-order valence-electron chi connectivity index (χ0n) is 7.12. The summed E-state index contributed by atoms with van der Waals surface area (Å²) in [6.07, 6.45) is 0.988. The molecular weight excluding hydrogens is 172 g/mol. The standard InChI is InChI=1S/C8H12N2OS/c1-2-3-10-8(11)6-4-12-5-7(6)9-10/h6H,2-5H2,1H3. The van der Waals surface area contributed by atoms with Gasteiger partial charge in [-0.05, 0) is 6.42 Å². The van der Waals surface area contributed by atoms with Crippen LogP contribution in [-0.2, 0) is 4.79 Å². The minimum atomic E-state index is 0.126. The van der Waals surface area contributed by atoms with Gasteiger partial charge in [0.15, 0.2) is 0 Å². The number of rotatable bonds is 2. The molecule has 1 unspecified atom stereocenters. The molecule has 0 aromatic carbocycles. The van der Waals surface area contributed by atoms with E-state index in [2.05, 4.69) is 12.0 Å². The van der Waals surface area contributed by atoms with Crippen molar-refractivity contribution in [3.8, 4) is 0 Å². The summed E-state index contributed by atoms with van der Waals surface area (Å²) in [6.45, 7) is 2.85. The Morgan fingerprint density at radius 1 is 1.75 bits per heavy atom. The number of carbonyl (C=O) groups is 1. The molecule has 1 saturated heterocycles. The van der Waals surface area contributed by atoms with E-state index in [0.29, 0.717) is 0 Å². The molecule has 12 heavy (non-hydrogen) atoms. The predicted molar refractivity (Wildman–Crippen MR) is 50.3 cm³/mol. The number of carbonyl (C=O) groups excluding carboxylic acids is 1. The second-order valence-electron chi connectivity index (χ2n) is 3.12. The average molecular weight is 184 g/mol. The highest BCUT2D eigenvalue weighted by Crippen LogP contribution is 2.28. The van der Waals surface area contributed by atoms with Crippen LogP contribution in [0.3, 0.4) is 0 Å². The van der Waals surface area contributed by atoms with Crippen LogP contribution in [0.1, 0.15) is 13.3 Å². The van der Waals surface area contributed by atoms with Crippen LogP contribution in [0.25, 0.3) is 0 Å². The summed E-state index contributed by atoms with van der Waals surface area (Å²) in [5.74, 6) is 2.24. The molecule has 3 nitrogen and oxygen atoms in total. The monoisotopic (exact) mass is 184 g/mol. The molecule has 0 aromatic rings. The Morgan fingerprint density at radius 2 is 2.58 bits per heavy atom. The summed E-state index contributed by atoms with van der Waals surface area (Å²) in [5.41, 5.74) is 1.10. The van der Waals surface area contributed by atoms with E-state index in [0.717, 1.165) is 30.2 Å². The van der Waals surface area contributed by atoms with Gasteiger partial charge in [-0.1, -0.05) is 6.92 Å². The highest BCUT2D eigenvalue weighted by Gasteiger charge is 2.38. The zero-order chi connectivity index (χ0) is 8.55. The average Bonchev–Trinajstić information content (AvgIpc) is 2.58. The van der Waals surface area contributed by atoms with E-state index in [1.165, 1.54) is 0 Å². The lowest BCUT2D eigenvalue weighted by Gasteiger charge is -2.11. The molecular formula is C8H12N2OS. The van der Waals surface area contributed by atoms with Crippen molar-refractivity contribution in [1.82, 2.24) is 5.01 Å². The largest absolute Gasteiger partial charge is 0.272 e. The van der Waals surface area contributed by atoms with E-state index in [4.69, 9.17) is 0 Å². The molecule has 0 radical (unpaired) electrons. The van der Waals surface area contributed by atoms with Crippen molar-refractivity contribution in [2.45, 2.75) is 13.3 Å². The molecule has 1 fully saturated rings. The molecule has 0 saturated carbocycles. The van der Waals surface area contributed by atoms with Crippen molar-refractivity contribution < 1.29 is 4.79 Å². The Bertz CT molecular complexity index is 239. The second-order valence-corrected chi connectivity index (χ2v) is 4.15. The van der Waals surface area contributed by atoms with E-state index in [1.54, 1.807) is 5.01 Å². The maximum atomic E-state index is 11.6. The number of thioether (sulfide) groups is 1. The molecule has 2 heterocycles. The highest BCUT2D eigenvalue weighted by molar-refractivity contribution is 8.00. The van der Waals surface area contributed by atoms with Gasteiger partial charge in [-0.15, -0.1) is 0 Å². The Balaban J connectivity index is 2.11. The molecule has 0 spiro atoms. The first-order valence-corrected chi connectivity index (χ1v) is 5.45. The summed E-state index contributed by atoms with van der Waals surface area (Å²) >= 11 is 1.81. The van der Waals surface area contributed by atoms with Crippen LogP contribution < -0.4 is 0 Å². The number of hydrogen-bond donors (Lipinski definition) is 0. The number of hydrazone groups is 1. The van der Waals surface area contributed by atoms with Crippen LogP contribution in [0, 0.1) is 5.92 Å². The van der Waals surface area contributed by atoms with Crippen molar-refractivity contribution in [3.05, 3.63) is 0 Å². The molecule has 0 aliphatic carbocycles. The second kappa shape index (κ2) is 3.09. The zero-order valence-corrected chi connectivity index (χ0v) is 7.93. The number of nitrogens with zero attached hydrogens (tertiary/aromatic N) is 2. The van der Waals surface area contributed by atoms with Gasteiger partial charge in [0.2, 0.25) is 0 Å². The van der Waals surface area contributed by atoms with Gasteiger partial charge >= 0.3 is 0 Å². The first-order chi connectivity index (χ1) is 5.83. The number of amides is 1. The lowest BCUT2D eigenvalue weighted by Crippen LogP contribution is -2.27. The van der Waals surface area contributed by atoms with Crippen molar-refractivity contribution >= 4 is 23.4 Å². The van der Waals surface area contributed by atoms with E-state index in [9.17, 15) is 4.79 Å². The fraction of sp³-hybridized carbons (Fsp3) is 0.750. The van der Waals surface area contributed by atoms with Gasteiger partial charge in [0.1, 0.15) is 0 Å².